The highest BCUT2D eigenvalue weighted by Gasteiger charge is 2.41. The molecule has 0 N–H and O–H groups in total. The summed E-state index contributed by atoms with van der Waals surface area (Å²) in [6, 6.07) is 13.6. The van der Waals surface area contributed by atoms with Crippen LogP contribution in [0.25, 0.3) is 0 Å². The van der Waals surface area contributed by atoms with Crippen molar-refractivity contribution in [3.63, 3.8) is 0 Å². The Morgan fingerprint density at radius 1 is 0.900 bits per heavy atom. The highest BCUT2D eigenvalue weighted by Crippen LogP contribution is 2.37. The quantitative estimate of drug-likeness (QED) is 0.522. The Hall–Kier alpha value is -2.63. The molecular weight excluding hydrogens is 393 g/mol. The van der Waals surface area contributed by atoms with Crippen molar-refractivity contribution in [1.82, 2.24) is 0 Å². The summed E-state index contributed by atoms with van der Waals surface area (Å²) in [5, 5.41) is 0. The molecule has 1 aliphatic carbocycles. The summed E-state index contributed by atoms with van der Waals surface area (Å²) in [5.41, 5.74) is 1.65. The van der Waals surface area contributed by atoms with E-state index >= 15 is 0 Å². The first-order chi connectivity index (χ1) is 14.2. The fourth-order valence-corrected chi connectivity index (χ4v) is 4.00. The molecule has 3 nitrogen and oxygen atoms in total. The van der Waals surface area contributed by atoms with Gasteiger partial charge in [0.05, 0.1) is 7.11 Å². The van der Waals surface area contributed by atoms with Gasteiger partial charge >= 0.3 is 6.18 Å². The average Bonchev–Trinajstić information content (AvgIpc) is 2.77. The fourth-order valence-electron chi connectivity index (χ4n) is 4.00. The fraction of sp³-hybridized carbons (Fsp3) is 0.417. The molecular formula is C24H25F3O3. The molecule has 0 aromatic heterocycles. The van der Waals surface area contributed by atoms with Gasteiger partial charge in [-0.25, -0.2) is 0 Å². The van der Waals surface area contributed by atoms with E-state index in [1.165, 1.54) is 29.8 Å². The Kier molecular flexibility index (Phi) is 6.64. The molecule has 0 spiro atoms. The number of hydrogen-bond donors (Lipinski definition) is 0. The van der Waals surface area contributed by atoms with E-state index in [1.54, 1.807) is 7.11 Å². The minimum absolute atomic E-state index is 0.00829. The van der Waals surface area contributed by atoms with Crippen LogP contribution in [0.3, 0.4) is 0 Å². The summed E-state index contributed by atoms with van der Waals surface area (Å²) in [6.07, 6.45) is -1.23. The molecule has 1 atom stereocenters. The molecule has 1 saturated carbocycles. The van der Waals surface area contributed by atoms with Gasteiger partial charge in [-0.3, -0.25) is 9.59 Å². The number of alkyl halides is 3. The number of carbonyl (C=O) groups excluding carboxylic acids is 2. The van der Waals surface area contributed by atoms with Crippen LogP contribution in [0.5, 0.6) is 5.75 Å². The molecule has 0 bridgehead atoms. The number of hydrogen-bond acceptors (Lipinski definition) is 3. The number of carbonyl (C=O) groups is 2. The van der Waals surface area contributed by atoms with Crippen LogP contribution in [-0.2, 0) is 0 Å². The van der Waals surface area contributed by atoms with Gasteiger partial charge in [0.1, 0.15) is 11.7 Å². The first-order valence-corrected chi connectivity index (χ1v) is 10.1. The predicted molar refractivity (Wildman–Crippen MR) is 108 cm³/mol. The van der Waals surface area contributed by atoms with Crippen molar-refractivity contribution in [3.05, 3.63) is 65.2 Å². The maximum Gasteiger partial charge on any atom is 0.398 e. The van der Waals surface area contributed by atoms with Crippen molar-refractivity contribution in [1.29, 1.82) is 0 Å². The van der Waals surface area contributed by atoms with Crippen LogP contribution in [0.4, 0.5) is 13.2 Å². The largest absolute Gasteiger partial charge is 0.497 e. The van der Waals surface area contributed by atoms with Gasteiger partial charge < -0.3 is 4.74 Å². The summed E-state index contributed by atoms with van der Waals surface area (Å²) in [6.45, 7) is 0.850. The molecule has 0 heterocycles. The monoisotopic (exact) mass is 418 g/mol. The Morgan fingerprint density at radius 3 is 1.93 bits per heavy atom. The van der Waals surface area contributed by atoms with Gasteiger partial charge in [-0.05, 0) is 56.2 Å². The Morgan fingerprint density at radius 2 is 1.43 bits per heavy atom. The molecule has 30 heavy (non-hydrogen) atoms. The smallest absolute Gasteiger partial charge is 0.398 e. The molecule has 0 aliphatic heterocycles. The highest BCUT2D eigenvalue weighted by molar-refractivity contribution is 6.01. The minimum atomic E-state index is -4.58. The van der Waals surface area contributed by atoms with Crippen molar-refractivity contribution in [2.24, 2.45) is 11.8 Å². The Balaban J connectivity index is 1.60. The SMILES string of the molecule is COc1ccc(C2CCC(C(=O)c3ccc(C(=O)C(C)C(F)(F)F)cc3)CC2)cc1. The van der Waals surface area contributed by atoms with E-state index in [-0.39, 0.29) is 17.3 Å². The van der Waals surface area contributed by atoms with Crippen molar-refractivity contribution in [2.75, 3.05) is 7.11 Å². The lowest BCUT2D eigenvalue weighted by Gasteiger charge is -2.28. The highest BCUT2D eigenvalue weighted by atomic mass is 19.4. The van der Waals surface area contributed by atoms with Crippen molar-refractivity contribution >= 4 is 11.6 Å². The van der Waals surface area contributed by atoms with Gasteiger partial charge in [0, 0.05) is 17.0 Å². The lowest BCUT2D eigenvalue weighted by atomic mass is 9.76. The third-order valence-electron chi connectivity index (χ3n) is 6.02. The third kappa shape index (κ3) is 4.91. The third-order valence-corrected chi connectivity index (χ3v) is 6.02. The second-order valence-corrected chi connectivity index (χ2v) is 7.89. The van der Waals surface area contributed by atoms with Gasteiger partial charge in [0.2, 0.25) is 0 Å². The zero-order chi connectivity index (χ0) is 21.9. The van der Waals surface area contributed by atoms with Crippen LogP contribution in [0.1, 0.15) is 64.8 Å². The van der Waals surface area contributed by atoms with Crippen LogP contribution in [-0.4, -0.2) is 24.9 Å². The van der Waals surface area contributed by atoms with E-state index in [0.29, 0.717) is 11.5 Å². The molecule has 6 heteroatoms. The molecule has 160 valence electrons. The van der Waals surface area contributed by atoms with E-state index in [9.17, 15) is 22.8 Å². The first-order valence-electron chi connectivity index (χ1n) is 10.1. The van der Waals surface area contributed by atoms with Crippen LogP contribution in [0.15, 0.2) is 48.5 Å². The van der Waals surface area contributed by atoms with Crippen LogP contribution < -0.4 is 4.74 Å². The van der Waals surface area contributed by atoms with Crippen molar-refractivity contribution in [3.8, 4) is 5.75 Å². The zero-order valence-electron chi connectivity index (χ0n) is 17.0. The number of ketones is 2. The van der Waals surface area contributed by atoms with E-state index in [4.69, 9.17) is 4.74 Å². The standard InChI is InChI=1S/C24H25F3O3/c1-15(24(25,26)27)22(28)18-7-9-20(10-8-18)23(29)19-5-3-16(4-6-19)17-11-13-21(30-2)14-12-17/h7-16,19H,3-6H2,1-2H3. The van der Waals surface area contributed by atoms with E-state index < -0.39 is 17.9 Å². The number of ether oxygens (including phenoxy) is 1. The molecule has 1 fully saturated rings. The molecule has 3 rings (SSSR count). The topological polar surface area (TPSA) is 43.4 Å². The molecule has 2 aromatic carbocycles. The number of methoxy groups -OCH3 is 1. The number of halogens is 3. The van der Waals surface area contributed by atoms with Crippen LogP contribution in [0.2, 0.25) is 0 Å². The summed E-state index contributed by atoms with van der Waals surface area (Å²) in [4.78, 5) is 24.8. The molecule has 0 saturated heterocycles. The Bertz CT molecular complexity index is 877. The van der Waals surface area contributed by atoms with Crippen LogP contribution in [0, 0.1) is 11.8 Å². The van der Waals surface area contributed by atoms with E-state index in [1.807, 2.05) is 12.1 Å². The summed E-state index contributed by atoms with van der Waals surface area (Å²) >= 11 is 0. The van der Waals surface area contributed by atoms with Gasteiger partial charge in [-0.2, -0.15) is 13.2 Å². The Labute approximate surface area is 174 Å². The van der Waals surface area contributed by atoms with Crippen molar-refractivity contribution < 1.29 is 27.5 Å². The lowest BCUT2D eigenvalue weighted by Crippen LogP contribution is -2.28. The first kappa shape index (κ1) is 22.1. The number of rotatable bonds is 6. The molecule has 2 aromatic rings. The van der Waals surface area contributed by atoms with Gasteiger partial charge in [-0.1, -0.05) is 36.4 Å². The second-order valence-electron chi connectivity index (χ2n) is 7.89. The second kappa shape index (κ2) is 9.02. The molecule has 0 radical (unpaired) electrons. The summed E-state index contributed by atoms with van der Waals surface area (Å²) in [5.74, 6) is -1.94. The lowest BCUT2D eigenvalue weighted by molar-refractivity contribution is -0.155. The maximum atomic E-state index is 12.8. The van der Waals surface area contributed by atoms with Gasteiger partial charge in [0.25, 0.3) is 0 Å². The number of Topliss-reactive ketones (excluding diaryl/α,β-unsaturated/α-hetero) is 2. The molecule has 0 amide bonds. The summed E-state index contributed by atoms with van der Waals surface area (Å²) in [7, 11) is 1.63. The van der Waals surface area contributed by atoms with Gasteiger partial charge in [0.15, 0.2) is 11.6 Å². The molecule has 1 aliphatic rings. The van der Waals surface area contributed by atoms with E-state index in [0.717, 1.165) is 38.4 Å². The zero-order valence-corrected chi connectivity index (χ0v) is 17.0. The number of benzene rings is 2. The maximum absolute atomic E-state index is 12.8. The molecule has 1 unspecified atom stereocenters. The van der Waals surface area contributed by atoms with E-state index in [2.05, 4.69) is 12.1 Å². The predicted octanol–water partition coefficient (Wildman–Crippen LogP) is 6.23. The van der Waals surface area contributed by atoms with Crippen molar-refractivity contribution in [2.45, 2.75) is 44.7 Å². The minimum Gasteiger partial charge on any atom is -0.497 e. The normalized spacial score (nSPS) is 20.4. The van der Waals surface area contributed by atoms with Gasteiger partial charge in [-0.15, -0.1) is 0 Å². The summed E-state index contributed by atoms with van der Waals surface area (Å²) < 4.78 is 43.4. The average molecular weight is 418 g/mol. The van der Waals surface area contributed by atoms with Crippen LogP contribution >= 0.6 is 0 Å².